The average Bonchev–Trinajstić information content (AvgIpc) is 3.41. The van der Waals surface area contributed by atoms with Gasteiger partial charge in [0.2, 0.25) is 5.82 Å². The lowest BCUT2D eigenvalue weighted by Gasteiger charge is -2.25. The summed E-state index contributed by atoms with van der Waals surface area (Å²) in [4.78, 5) is 8.75. The van der Waals surface area contributed by atoms with Crippen molar-refractivity contribution in [2.75, 3.05) is 7.11 Å². The highest BCUT2D eigenvalue weighted by Crippen LogP contribution is 2.32. The van der Waals surface area contributed by atoms with Crippen molar-refractivity contribution in [1.82, 2.24) is 19.7 Å². The molecule has 0 spiro atoms. The highest BCUT2D eigenvalue weighted by molar-refractivity contribution is 5.60. The van der Waals surface area contributed by atoms with E-state index in [1.165, 1.54) is 31.4 Å². The van der Waals surface area contributed by atoms with Gasteiger partial charge >= 0.3 is 0 Å². The van der Waals surface area contributed by atoms with Crippen LogP contribution in [0.15, 0.2) is 53.3 Å². The molecule has 0 radical (unpaired) electrons. The SMILES string of the molecule is COc1ccc(-c2noc(-c3ncn4c3CO[C@@H](c3ccc(F)cc3)C4)n2)cc1F. The number of nitrogens with zero attached hydrogens (tertiary/aromatic N) is 4. The van der Waals surface area contributed by atoms with E-state index in [1.54, 1.807) is 24.5 Å². The molecule has 0 bridgehead atoms. The number of methoxy groups -OCH3 is 1. The van der Waals surface area contributed by atoms with Gasteiger partial charge in [-0.2, -0.15) is 4.98 Å². The smallest absolute Gasteiger partial charge is 0.278 e. The van der Waals surface area contributed by atoms with Crippen molar-refractivity contribution in [3.8, 4) is 28.7 Å². The Kier molecular flexibility index (Phi) is 4.51. The fraction of sp³-hybridized carbons (Fsp3) is 0.190. The van der Waals surface area contributed by atoms with Crippen LogP contribution in [0.5, 0.6) is 5.75 Å². The van der Waals surface area contributed by atoms with E-state index >= 15 is 0 Å². The van der Waals surface area contributed by atoms with Crippen LogP contribution >= 0.6 is 0 Å². The number of halogens is 2. The second-order valence-electron chi connectivity index (χ2n) is 6.82. The number of hydrogen-bond donors (Lipinski definition) is 0. The van der Waals surface area contributed by atoms with Gasteiger partial charge < -0.3 is 18.6 Å². The third-order valence-corrected chi connectivity index (χ3v) is 5.01. The van der Waals surface area contributed by atoms with Crippen LogP contribution in [0.1, 0.15) is 17.4 Å². The Labute approximate surface area is 169 Å². The van der Waals surface area contributed by atoms with Crippen LogP contribution in [-0.2, 0) is 17.9 Å². The number of imidazole rings is 1. The molecule has 9 heteroatoms. The highest BCUT2D eigenvalue weighted by atomic mass is 19.1. The maximum Gasteiger partial charge on any atom is 0.278 e. The highest BCUT2D eigenvalue weighted by Gasteiger charge is 2.26. The molecule has 0 aliphatic carbocycles. The standard InChI is InChI=1S/C21H16F2N4O3/c1-28-17-7-4-13(8-15(17)23)20-25-21(30-26-20)19-16-10-29-18(9-27(16)11-24-19)12-2-5-14(22)6-3-12/h2-8,11,18H,9-10H2,1H3/t18-/m1/s1. The van der Waals surface area contributed by atoms with Crippen LogP contribution in [0.3, 0.4) is 0 Å². The van der Waals surface area contributed by atoms with Gasteiger partial charge in [0.25, 0.3) is 5.89 Å². The van der Waals surface area contributed by atoms with Crippen LogP contribution in [0.4, 0.5) is 8.78 Å². The zero-order valence-electron chi connectivity index (χ0n) is 15.9. The topological polar surface area (TPSA) is 75.2 Å². The van der Waals surface area contributed by atoms with Crippen molar-refractivity contribution in [2.45, 2.75) is 19.3 Å². The van der Waals surface area contributed by atoms with Gasteiger partial charge in [-0.05, 0) is 35.9 Å². The first-order chi connectivity index (χ1) is 14.6. The first kappa shape index (κ1) is 18.4. The molecule has 1 aliphatic heterocycles. The summed E-state index contributed by atoms with van der Waals surface area (Å²) in [5.41, 5.74) is 2.66. The zero-order chi connectivity index (χ0) is 20.7. The lowest BCUT2D eigenvalue weighted by atomic mass is 10.1. The first-order valence-electron chi connectivity index (χ1n) is 9.21. The molecule has 0 saturated heterocycles. The Hall–Kier alpha value is -3.59. The predicted molar refractivity (Wildman–Crippen MR) is 101 cm³/mol. The summed E-state index contributed by atoms with van der Waals surface area (Å²) in [7, 11) is 1.40. The summed E-state index contributed by atoms with van der Waals surface area (Å²) in [6.45, 7) is 0.810. The number of fused-ring (bicyclic) bond motifs is 1. The first-order valence-corrected chi connectivity index (χ1v) is 9.21. The number of ether oxygens (including phenoxy) is 2. The molecule has 3 heterocycles. The van der Waals surface area contributed by atoms with Crippen LogP contribution in [0.2, 0.25) is 0 Å². The Morgan fingerprint density at radius 3 is 2.73 bits per heavy atom. The van der Waals surface area contributed by atoms with Crippen molar-refractivity contribution < 1.29 is 22.8 Å². The fourth-order valence-electron chi connectivity index (χ4n) is 3.43. The van der Waals surface area contributed by atoms with Crippen LogP contribution in [0.25, 0.3) is 23.0 Å². The second kappa shape index (κ2) is 7.34. The molecule has 1 atom stereocenters. The summed E-state index contributed by atoms with van der Waals surface area (Å²) in [5, 5.41) is 3.94. The molecular formula is C21H16F2N4O3. The van der Waals surface area contributed by atoms with Crippen LogP contribution < -0.4 is 4.74 Å². The Balaban J connectivity index is 1.40. The quantitative estimate of drug-likeness (QED) is 0.503. The summed E-state index contributed by atoms with van der Waals surface area (Å²) < 4.78 is 45.3. The minimum absolute atomic E-state index is 0.137. The molecular weight excluding hydrogens is 394 g/mol. The zero-order valence-corrected chi connectivity index (χ0v) is 15.9. The minimum Gasteiger partial charge on any atom is -0.494 e. The van der Waals surface area contributed by atoms with Gasteiger partial charge in [0.15, 0.2) is 17.3 Å². The summed E-state index contributed by atoms with van der Waals surface area (Å²) in [5.74, 6) is -0.198. The van der Waals surface area contributed by atoms with Gasteiger partial charge in [-0.25, -0.2) is 13.8 Å². The maximum absolute atomic E-state index is 14.0. The predicted octanol–water partition coefficient (Wildman–Crippen LogP) is 4.16. The van der Waals surface area contributed by atoms with Gasteiger partial charge in [-0.15, -0.1) is 0 Å². The normalized spacial score (nSPS) is 15.8. The van der Waals surface area contributed by atoms with E-state index in [4.69, 9.17) is 14.0 Å². The average molecular weight is 410 g/mol. The van der Waals surface area contributed by atoms with Gasteiger partial charge in [-0.1, -0.05) is 17.3 Å². The Bertz CT molecular complexity index is 1200. The largest absolute Gasteiger partial charge is 0.494 e. The Morgan fingerprint density at radius 2 is 1.97 bits per heavy atom. The minimum atomic E-state index is -0.513. The van der Waals surface area contributed by atoms with Crippen molar-refractivity contribution >= 4 is 0 Å². The molecule has 2 aromatic carbocycles. The third kappa shape index (κ3) is 3.22. The van der Waals surface area contributed by atoms with Gasteiger partial charge in [0.1, 0.15) is 11.9 Å². The van der Waals surface area contributed by atoms with Crippen molar-refractivity contribution in [3.63, 3.8) is 0 Å². The van der Waals surface area contributed by atoms with Crippen molar-refractivity contribution in [3.05, 3.63) is 71.7 Å². The molecule has 0 amide bonds. The molecule has 152 valence electrons. The molecule has 0 saturated carbocycles. The molecule has 2 aromatic heterocycles. The molecule has 0 fully saturated rings. The van der Waals surface area contributed by atoms with E-state index in [9.17, 15) is 8.78 Å². The molecule has 4 aromatic rings. The van der Waals surface area contributed by atoms with E-state index in [0.717, 1.165) is 11.3 Å². The van der Waals surface area contributed by atoms with Crippen molar-refractivity contribution in [2.24, 2.45) is 0 Å². The Morgan fingerprint density at radius 1 is 1.13 bits per heavy atom. The lowest BCUT2D eigenvalue weighted by molar-refractivity contribution is 0.00326. The van der Waals surface area contributed by atoms with Gasteiger partial charge in [-0.3, -0.25) is 0 Å². The van der Waals surface area contributed by atoms with Crippen LogP contribution in [0, 0.1) is 11.6 Å². The maximum atomic E-state index is 14.0. The number of aromatic nitrogens is 4. The van der Waals surface area contributed by atoms with E-state index in [2.05, 4.69) is 15.1 Å². The monoisotopic (exact) mass is 410 g/mol. The number of benzene rings is 2. The lowest BCUT2D eigenvalue weighted by Crippen LogP contribution is -2.20. The molecule has 1 aliphatic rings. The van der Waals surface area contributed by atoms with Gasteiger partial charge in [0.05, 0.1) is 32.3 Å². The van der Waals surface area contributed by atoms with E-state index in [-0.39, 0.29) is 36.0 Å². The molecule has 5 rings (SSSR count). The molecule has 0 unspecified atom stereocenters. The summed E-state index contributed by atoms with van der Waals surface area (Å²) in [6, 6.07) is 10.7. The van der Waals surface area contributed by atoms with E-state index in [0.29, 0.717) is 17.8 Å². The summed E-state index contributed by atoms with van der Waals surface area (Å²) >= 11 is 0. The molecule has 7 nitrogen and oxygen atoms in total. The van der Waals surface area contributed by atoms with Crippen LogP contribution in [-0.4, -0.2) is 26.8 Å². The van der Waals surface area contributed by atoms with E-state index in [1.807, 2.05) is 4.57 Å². The molecule has 30 heavy (non-hydrogen) atoms. The second-order valence-corrected chi connectivity index (χ2v) is 6.82. The van der Waals surface area contributed by atoms with Gasteiger partial charge in [0, 0.05) is 5.56 Å². The van der Waals surface area contributed by atoms with E-state index < -0.39 is 5.82 Å². The summed E-state index contributed by atoms with van der Waals surface area (Å²) in [6.07, 6.45) is 1.47. The molecule has 0 N–H and O–H groups in total. The third-order valence-electron chi connectivity index (χ3n) is 5.01. The fourth-order valence-corrected chi connectivity index (χ4v) is 3.43. The number of hydrogen-bond acceptors (Lipinski definition) is 6. The van der Waals surface area contributed by atoms with Crippen molar-refractivity contribution in [1.29, 1.82) is 0 Å². The number of rotatable bonds is 4.